The molecule has 1 amide bonds. The molecule has 1 atom stereocenters. The molecule has 3 rings (SSSR count). The topological polar surface area (TPSA) is 42.4 Å². The minimum atomic E-state index is 0.0827. The van der Waals surface area contributed by atoms with E-state index in [1.165, 1.54) is 11.3 Å². The van der Waals surface area contributed by atoms with Gasteiger partial charge in [0.1, 0.15) is 0 Å². The Balaban J connectivity index is 1.69. The quantitative estimate of drug-likeness (QED) is 0.705. The second kappa shape index (κ2) is 8.22. The van der Waals surface area contributed by atoms with Crippen LogP contribution >= 0.6 is 11.3 Å². The Labute approximate surface area is 146 Å². The molecule has 2 heterocycles. The Morgan fingerprint density at radius 2 is 2.25 bits per heavy atom. The summed E-state index contributed by atoms with van der Waals surface area (Å²) < 4.78 is 5.61. The Morgan fingerprint density at radius 1 is 1.42 bits per heavy atom. The summed E-state index contributed by atoms with van der Waals surface area (Å²) in [7, 11) is 0. The summed E-state index contributed by atoms with van der Waals surface area (Å²) in [6.07, 6.45) is 5.40. The molecule has 2 aromatic rings. The Kier molecular flexibility index (Phi) is 5.77. The molecular weight excluding hydrogens is 320 g/mol. The highest BCUT2D eigenvalue weighted by atomic mass is 32.1. The number of nitrogens with zero attached hydrogens (tertiary/aromatic N) is 2. The zero-order valence-electron chi connectivity index (χ0n) is 13.7. The zero-order valence-corrected chi connectivity index (χ0v) is 14.5. The summed E-state index contributed by atoms with van der Waals surface area (Å²) in [5, 5.41) is 2.72. The van der Waals surface area contributed by atoms with Gasteiger partial charge in [0, 0.05) is 30.5 Å². The number of anilines is 1. The molecule has 1 saturated heterocycles. The van der Waals surface area contributed by atoms with Crippen LogP contribution in [0.4, 0.5) is 5.13 Å². The van der Waals surface area contributed by atoms with Crippen molar-refractivity contribution in [3.63, 3.8) is 0 Å². The van der Waals surface area contributed by atoms with Crippen molar-refractivity contribution in [1.29, 1.82) is 0 Å². The maximum Gasteiger partial charge on any atom is 0.229 e. The third-order valence-corrected chi connectivity index (χ3v) is 4.97. The zero-order chi connectivity index (χ0) is 16.8. The van der Waals surface area contributed by atoms with Gasteiger partial charge in [-0.05, 0) is 19.3 Å². The number of aromatic nitrogens is 1. The van der Waals surface area contributed by atoms with E-state index in [9.17, 15) is 4.79 Å². The van der Waals surface area contributed by atoms with E-state index in [2.05, 4.69) is 11.6 Å². The number of ether oxygens (including phenoxy) is 1. The second-order valence-electron chi connectivity index (χ2n) is 5.85. The summed E-state index contributed by atoms with van der Waals surface area (Å²) in [6.45, 7) is 5.07. The van der Waals surface area contributed by atoms with Gasteiger partial charge in [0.05, 0.1) is 11.8 Å². The average molecular weight is 342 g/mol. The third kappa shape index (κ3) is 4.10. The summed E-state index contributed by atoms with van der Waals surface area (Å²) in [4.78, 5) is 19.0. The Hall–Kier alpha value is -1.98. The van der Waals surface area contributed by atoms with Crippen molar-refractivity contribution >= 4 is 22.4 Å². The van der Waals surface area contributed by atoms with Gasteiger partial charge in [-0.3, -0.25) is 9.69 Å². The highest BCUT2D eigenvalue weighted by Crippen LogP contribution is 2.28. The van der Waals surface area contributed by atoms with E-state index in [-0.39, 0.29) is 12.0 Å². The van der Waals surface area contributed by atoms with Crippen molar-refractivity contribution in [2.24, 2.45) is 0 Å². The molecule has 0 aliphatic carbocycles. The number of hydrogen-bond donors (Lipinski definition) is 0. The predicted octanol–water partition coefficient (Wildman–Crippen LogP) is 4.29. The molecule has 0 N–H and O–H groups in total. The molecule has 1 aromatic heterocycles. The fraction of sp³-hybridized carbons (Fsp3) is 0.368. The molecule has 0 spiro atoms. The lowest BCUT2D eigenvalue weighted by molar-refractivity contribution is -0.119. The maximum absolute atomic E-state index is 12.6. The Bertz CT molecular complexity index is 678. The fourth-order valence-electron chi connectivity index (χ4n) is 2.84. The van der Waals surface area contributed by atoms with Crippen molar-refractivity contribution in [1.82, 2.24) is 4.98 Å². The van der Waals surface area contributed by atoms with Gasteiger partial charge in [-0.25, -0.2) is 4.98 Å². The molecule has 1 aliphatic heterocycles. The normalized spacial score (nSPS) is 16.9. The molecule has 1 aliphatic rings. The van der Waals surface area contributed by atoms with Crippen molar-refractivity contribution in [3.8, 4) is 11.3 Å². The first-order valence-corrected chi connectivity index (χ1v) is 9.19. The molecule has 0 bridgehead atoms. The van der Waals surface area contributed by atoms with E-state index < -0.39 is 0 Å². The molecule has 1 fully saturated rings. The summed E-state index contributed by atoms with van der Waals surface area (Å²) in [5.41, 5.74) is 1.96. The molecule has 1 unspecified atom stereocenters. The van der Waals surface area contributed by atoms with Crippen molar-refractivity contribution in [2.45, 2.75) is 31.8 Å². The minimum Gasteiger partial charge on any atom is -0.378 e. The number of carbonyl (C=O) groups is 1. The highest BCUT2D eigenvalue weighted by Gasteiger charge is 2.21. The van der Waals surface area contributed by atoms with Crippen LogP contribution in [-0.2, 0) is 9.53 Å². The van der Waals surface area contributed by atoms with E-state index in [0.29, 0.717) is 13.0 Å². The van der Waals surface area contributed by atoms with E-state index >= 15 is 0 Å². The van der Waals surface area contributed by atoms with Crippen molar-refractivity contribution in [3.05, 3.63) is 48.4 Å². The number of thiazole rings is 1. The van der Waals surface area contributed by atoms with Gasteiger partial charge in [-0.15, -0.1) is 17.9 Å². The van der Waals surface area contributed by atoms with E-state index in [0.717, 1.165) is 42.3 Å². The molecule has 4 nitrogen and oxygen atoms in total. The van der Waals surface area contributed by atoms with Gasteiger partial charge in [-0.1, -0.05) is 36.4 Å². The molecule has 0 radical (unpaired) electrons. The van der Waals surface area contributed by atoms with Crippen LogP contribution in [-0.4, -0.2) is 30.1 Å². The largest absolute Gasteiger partial charge is 0.378 e. The molecule has 5 heteroatoms. The second-order valence-corrected chi connectivity index (χ2v) is 6.68. The van der Waals surface area contributed by atoms with Crippen LogP contribution in [0.15, 0.2) is 48.4 Å². The van der Waals surface area contributed by atoms with Crippen LogP contribution in [0, 0.1) is 0 Å². The third-order valence-electron chi connectivity index (χ3n) is 4.11. The number of carbonyl (C=O) groups excluding carboxylic acids is 1. The van der Waals surface area contributed by atoms with Crippen molar-refractivity contribution in [2.75, 3.05) is 18.1 Å². The van der Waals surface area contributed by atoms with Gasteiger partial charge in [0.25, 0.3) is 0 Å². The SMILES string of the molecule is C=CCN(C(=O)CCC1CCCO1)c1nc(-c2ccccc2)cs1. The Morgan fingerprint density at radius 3 is 2.96 bits per heavy atom. The summed E-state index contributed by atoms with van der Waals surface area (Å²) in [5.74, 6) is 0.0827. The lowest BCUT2D eigenvalue weighted by Crippen LogP contribution is -2.31. The van der Waals surface area contributed by atoms with Gasteiger partial charge in [0.2, 0.25) is 5.91 Å². The van der Waals surface area contributed by atoms with Crippen LogP contribution < -0.4 is 4.90 Å². The van der Waals surface area contributed by atoms with Gasteiger partial charge in [-0.2, -0.15) is 0 Å². The van der Waals surface area contributed by atoms with Gasteiger partial charge >= 0.3 is 0 Å². The van der Waals surface area contributed by atoms with Crippen LogP contribution in [0.25, 0.3) is 11.3 Å². The van der Waals surface area contributed by atoms with Gasteiger partial charge in [0.15, 0.2) is 5.13 Å². The molecule has 0 saturated carbocycles. The molecule has 1 aromatic carbocycles. The van der Waals surface area contributed by atoms with Crippen LogP contribution in [0.1, 0.15) is 25.7 Å². The number of rotatable bonds is 7. The molecular formula is C19H22N2O2S. The lowest BCUT2D eigenvalue weighted by atomic mass is 10.1. The van der Waals surface area contributed by atoms with Gasteiger partial charge < -0.3 is 4.74 Å². The lowest BCUT2D eigenvalue weighted by Gasteiger charge is -2.19. The predicted molar refractivity (Wildman–Crippen MR) is 98.3 cm³/mol. The summed E-state index contributed by atoms with van der Waals surface area (Å²) in [6, 6.07) is 10.0. The van der Waals surface area contributed by atoms with Crippen LogP contribution in [0.2, 0.25) is 0 Å². The van der Waals surface area contributed by atoms with E-state index in [1.807, 2.05) is 35.7 Å². The summed E-state index contributed by atoms with van der Waals surface area (Å²) >= 11 is 1.49. The number of benzene rings is 1. The monoisotopic (exact) mass is 342 g/mol. The first-order chi connectivity index (χ1) is 11.8. The standard InChI is InChI=1S/C19H22N2O2S/c1-2-12-21(18(22)11-10-16-9-6-13-23-16)19-20-17(14-24-19)15-7-4-3-5-8-15/h2-5,7-8,14,16H,1,6,9-13H2. The first-order valence-electron chi connectivity index (χ1n) is 8.31. The van der Waals surface area contributed by atoms with Crippen molar-refractivity contribution < 1.29 is 9.53 Å². The number of amides is 1. The van der Waals surface area contributed by atoms with Crippen LogP contribution in [0.5, 0.6) is 0 Å². The molecule has 24 heavy (non-hydrogen) atoms. The average Bonchev–Trinajstić information content (AvgIpc) is 3.30. The fourth-order valence-corrected chi connectivity index (χ4v) is 3.70. The molecule has 126 valence electrons. The smallest absolute Gasteiger partial charge is 0.229 e. The number of hydrogen-bond acceptors (Lipinski definition) is 4. The van der Waals surface area contributed by atoms with Crippen LogP contribution in [0.3, 0.4) is 0 Å². The minimum absolute atomic E-state index is 0.0827. The first kappa shape index (κ1) is 16.9. The highest BCUT2D eigenvalue weighted by molar-refractivity contribution is 7.14. The van der Waals surface area contributed by atoms with E-state index in [4.69, 9.17) is 4.74 Å². The van der Waals surface area contributed by atoms with E-state index in [1.54, 1.807) is 11.0 Å². The maximum atomic E-state index is 12.6.